The molecule has 14 heavy (non-hydrogen) atoms. The van der Waals surface area contributed by atoms with Crippen LogP contribution in [-0.2, 0) is 0 Å². The maximum Gasteiger partial charge on any atom is 0.00248 e. The highest BCUT2D eigenvalue weighted by molar-refractivity contribution is 8.00. The molecule has 1 spiro atoms. The van der Waals surface area contributed by atoms with Gasteiger partial charge in [0.2, 0.25) is 0 Å². The largest absolute Gasteiger partial charge is 0.317 e. The second kappa shape index (κ2) is 3.41. The Hall–Kier alpha value is 0.310. The van der Waals surface area contributed by atoms with Crippen molar-refractivity contribution in [2.45, 2.75) is 39.4 Å². The third kappa shape index (κ3) is 1.34. The SMILES string of the molecule is CCNCC1C(C)(C)C12CSC(C)C2. The summed E-state index contributed by atoms with van der Waals surface area (Å²) < 4.78 is 0. The van der Waals surface area contributed by atoms with Crippen LogP contribution in [0, 0.1) is 16.7 Å². The molecule has 2 fully saturated rings. The van der Waals surface area contributed by atoms with Crippen molar-refractivity contribution in [3.63, 3.8) is 0 Å². The third-order valence-corrected chi connectivity index (χ3v) is 6.03. The van der Waals surface area contributed by atoms with E-state index in [2.05, 4.69) is 44.8 Å². The van der Waals surface area contributed by atoms with Gasteiger partial charge in [-0.25, -0.2) is 0 Å². The van der Waals surface area contributed by atoms with E-state index in [1.54, 1.807) is 0 Å². The summed E-state index contributed by atoms with van der Waals surface area (Å²) in [5, 5.41) is 4.41. The minimum absolute atomic E-state index is 0.590. The lowest BCUT2D eigenvalue weighted by Crippen LogP contribution is -2.19. The van der Waals surface area contributed by atoms with Gasteiger partial charge in [-0.1, -0.05) is 27.7 Å². The molecule has 1 N–H and O–H groups in total. The summed E-state index contributed by atoms with van der Waals surface area (Å²) in [7, 11) is 0. The highest BCUT2D eigenvalue weighted by Crippen LogP contribution is 2.74. The first-order valence-electron chi connectivity index (χ1n) is 5.87. The van der Waals surface area contributed by atoms with Crippen LogP contribution in [0.15, 0.2) is 0 Å². The van der Waals surface area contributed by atoms with Crippen LogP contribution in [0.3, 0.4) is 0 Å². The highest BCUT2D eigenvalue weighted by Gasteiger charge is 2.71. The molecule has 2 rings (SSSR count). The van der Waals surface area contributed by atoms with Crippen LogP contribution in [0.4, 0.5) is 0 Å². The summed E-state index contributed by atoms with van der Waals surface area (Å²) in [5.74, 6) is 2.32. The summed E-state index contributed by atoms with van der Waals surface area (Å²) >= 11 is 2.18. The summed E-state index contributed by atoms with van der Waals surface area (Å²) in [6.07, 6.45) is 1.45. The van der Waals surface area contributed by atoms with E-state index in [0.717, 1.165) is 17.7 Å². The normalized spacial score (nSPS) is 44.6. The molecule has 0 aromatic rings. The molecule has 1 saturated carbocycles. The van der Waals surface area contributed by atoms with Gasteiger partial charge in [0.15, 0.2) is 0 Å². The average molecular weight is 213 g/mol. The quantitative estimate of drug-likeness (QED) is 0.773. The fraction of sp³-hybridized carbons (Fsp3) is 1.00. The molecule has 0 aromatic heterocycles. The molecular weight excluding hydrogens is 190 g/mol. The maximum atomic E-state index is 3.52. The van der Waals surface area contributed by atoms with E-state index in [9.17, 15) is 0 Å². The summed E-state index contributed by atoms with van der Waals surface area (Å²) in [6.45, 7) is 11.9. The van der Waals surface area contributed by atoms with E-state index < -0.39 is 0 Å². The first-order chi connectivity index (χ1) is 6.54. The van der Waals surface area contributed by atoms with Gasteiger partial charge < -0.3 is 5.32 Å². The Kier molecular flexibility index (Phi) is 2.64. The zero-order valence-corrected chi connectivity index (χ0v) is 10.7. The zero-order valence-electron chi connectivity index (χ0n) is 9.89. The van der Waals surface area contributed by atoms with Gasteiger partial charge in [-0.3, -0.25) is 0 Å². The second-order valence-corrected chi connectivity index (χ2v) is 6.99. The van der Waals surface area contributed by atoms with E-state index in [4.69, 9.17) is 0 Å². The fourth-order valence-corrected chi connectivity index (χ4v) is 5.10. The minimum atomic E-state index is 0.590. The number of hydrogen-bond donors (Lipinski definition) is 1. The first-order valence-corrected chi connectivity index (χ1v) is 6.92. The Labute approximate surface area is 92.4 Å². The molecule has 0 radical (unpaired) electrons. The van der Waals surface area contributed by atoms with Gasteiger partial charge in [-0.15, -0.1) is 0 Å². The number of nitrogens with one attached hydrogen (secondary N) is 1. The Morgan fingerprint density at radius 2 is 2.14 bits per heavy atom. The van der Waals surface area contributed by atoms with Crippen LogP contribution < -0.4 is 5.32 Å². The molecule has 0 aromatic carbocycles. The molecule has 1 nitrogen and oxygen atoms in total. The molecule has 1 aliphatic heterocycles. The number of rotatable bonds is 3. The van der Waals surface area contributed by atoms with Gasteiger partial charge in [0, 0.05) is 11.0 Å². The lowest BCUT2D eigenvalue weighted by Gasteiger charge is -2.10. The Bertz CT molecular complexity index is 226. The smallest absolute Gasteiger partial charge is 0.00248 e. The fourth-order valence-electron chi connectivity index (χ4n) is 3.41. The Balaban J connectivity index is 2.00. The van der Waals surface area contributed by atoms with Crippen LogP contribution in [0.1, 0.15) is 34.1 Å². The van der Waals surface area contributed by atoms with Crippen molar-refractivity contribution in [3.05, 3.63) is 0 Å². The predicted octanol–water partition coefficient (Wildman–Crippen LogP) is 2.76. The van der Waals surface area contributed by atoms with Crippen molar-refractivity contribution in [2.24, 2.45) is 16.7 Å². The number of thioether (sulfide) groups is 1. The Morgan fingerprint density at radius 3 is 2.64 bits per heavy atom. The van der Waals surface area contributed by atoms with Crippen molar-refractivity contribution in [2.75, 3.05) is 18.8 Å². The molecule has 3 unspecified atom stereocenters. The zero-order chi connectivity index (χ0) is 10.4. The predicted molar refractivity (Wildman–Crippen MR) is 64.8 cm³/mol. The van der Waals surface area contributed by atoms with Gasteiger partial charge in [-0.05, 0) is 36.3 Å². The lowest BCUT2D eigenvalue weighted by atomic mass is 9.93. The molecular formula is C12H23NS. The topological polar surface area (TPSA) is 12.0 Å². The molecule has 1 aliphatic carbocycles. The van der Waals surface area contributed by atoms with Gasteiger partial charge in [0.25, 0.3) is 0 Å². The third-order valence-electron chi connectivity index (χ3n) is 4.61. The van der Waals surface area contributed by atoms with Crippen LogP contribution in [0.2, 0.25) is 0 Å². The van der Waals surface area contributed by atoms with Gasteiger partial charge in [0.1, 0.15) is 0 Å². The molecule has 1 heterocycles. The number of hydrogen-bond acceptors (Lipinski definition) is 2. The van der Waals surface area contributed by atoms with Gasteiger partial charge in [-0.2, -0.15) is 11.8 Å². The summed E-state index contributed by atoms with van der Waals surface area (Å²) in [6, 6.07) is 0. The molecule has 1 saturated heterocycles. The summed E-state index contributed by atoms with van der Waals surface area (Å²) in [5.41, 5.74) is 1.27. The molecule has 0 bridgehead atoms. The van der Waals surface area contributed by atoms with E-state index in [1.807, 2.05) is 0 Å². The first kappa shape index (κ1) is 10.8. The maximum absolute atomic E-state index is 3.52. The molecule has 2 heteroatoms. The molecule has 0 amide bonds. The minimum Gasteiger partial charge on any atom is -0.317 e. The average Bonchev–Trinajstić information content (AvgIpc) is 2.48. The molecule has 82 valence electrons. The van der Waals surface area contributed by atoms with Crippen molar-refractivity contribution < 1.29 is 0 Å². The van der Waals surface area contributed by atoms with Crippen LogP contribution >= 0.6 is 11.8 Å². The van der Waals surface area contributed by atoms with Crippen LogP contribution in [-0.4, -0.2) is 24.1 Å². The van der Waals surface area contributed by atoms with Crippen LogP contribution in [0.5, 0.6) is 0 Å². The van der Waals surface area contributed by atoms with Crippen molar-refractivity contribution in [1.82, 2.24) is 5.32 Å². The van der Waals surface area contributed by atoms with Crippen molar-refractivity contribution >= 4 is 11.8 Å². The van der Waals surface area contributed by atoms with E-state index >= 15 is 0 Å². The van der Waals surface area contributed by atoms with E-state index in [-0.39, 0.29) is 0 Å². The highest BCUT2D eigenvalue weighted by atomic mass is 32.2. The Morgan fingerprint density at radius 1 is 1.43 bits per heavy atom. The van der Waals surface area contributed by atoms with E-state index in [1.165, 1.54) is 18.7 Å². The van der Waals surface area contributed by atoms with Crippen LogP contribution in [0.25, 0.3) is 0 Å². The van der Waals surface area contributed by atoms with Gasteiger partial charge >= 0.3 is 0 Å². The standard InChI is InChI=1S/C12H23NS/c1-5-13-7-10-11(3,4)12(10)6-9(2)14-8-12/h9-10,13H,5-8H2,1-4H3. The van der Waals surface area contributed by atoms with Gasteiger partial charge in [0.05, 0.1) is 0 Å². The molecule has 2 aliphatic rings. The van der Waals surface area contributed by atoms with Crippen molar-refractivity contribution in [1.29, 1.82) is 0 Å². The van der Waals surface area contributed by atoms with Crippen molar-refractivity contribution in [3.8, 4) is 0 Å². The van der Waals surface area contributed by atoms with E-state index in [0.29, 0.717) is 10.8 Å². The summed E-state index contributed by atoms with van der Waals surface area (Å²) in [4.78, 5) is 0. The monoisotopic (exact) mass is 213 g/mol. The lowest BCUT2D eigenvalue weighted by molar-refractivity contribution is 0.413. The second-order valence-electron chi connectivity index (χ2n) is 5.56. The molecule has 3 atom stereocenters.